The van der Waals surface area contributed by atoms with Crippen LogP contribution < -0.4 is 5.32 Å². The summed E-state index contributed by atoms with van der Waals surface area (Å²) in [6.45, 7) is 1.95. The van der Waals surface area contributed by atoms with Crippen LogP contribution in [0.15, 0.2) is 0 Å². The lowest BCUT2D eigenvalue weighted by molar-refractivity contribution is 0.125. The fraction of sp³-hybridized carbons (Fsp3) is 0.889. The zero-order valence-electron chi connectivity index (χ0n) is 8.37. The smallest absolute Gasteiger partial charge is 0.404 e. The Labute approximate surface area is 84.1 Å². The first-order valence-corrected chi connectivity index (χ1v) is 4.92. The topological polar surface area (TPSA) is 78.8 Å². The molecule has 0 saturated heterocycles. The predicted molar refractivity (Wildman–Crippen MR) is 52.4 cm³/mol. The van der Waals surface area contributed by atoms with Crippen molar-refractivity contribution in [2.45, 2.75) is 25.7 Å². The summed E-state index contributed by atoms with van der Waals surface area (Å²) in [4.78, 5) is 10.0. The van der Waals surface area contributed by atoms with Gasteiger partial charge in [-0.05, 0) is 25.7 Å². The van der Waals surface area contributed by atoms with Crippen molar-refractivity contribution in [3.05, 3.63) is 0 Å². The Balaban J connectivity index is 2.88. The van der Waals surface area contributed by atoms with Crippen LogP contribution in [0.3, 0.4) is 0 Å². The van der Waals surface area contributed by atoms with Gasteiger partial charge in [0.1, 0.15) is 0 Å². The molecule has 0 aliphatic carbocycles. The van der Waals surface area contributed by atoms with Gasteiger partial charge in [-0.1, -0.05) is 0 Å². The summed E-state index contributed by atoms with van der Waals surface area (Å²) in [5, 5.41) is 19.0. The molecule has 1 amide bonds. The van der Waals surface area contributed by atoms with E-state index in [2.05, 4.69) is 5.32 Å². The SMILES string of the molecule is O=C(O)NCCCOCCCCCO. The average molecular weight is 205 g/mol. The van der Waals surface area contributed by atoms with Crippen molar-refractivity contribution >= 4 is 6.09 Å². The minimum absolute atomic E-state index is 0.239. The Hall–Kier alpha value is -0.810. The molecule has 0 spiro atoms. The number of hydrogen-bond acceptors (Lipinski definition) is 3. The molecule has 0 aromatic heterocycles. The predicted octanol–water partition coefficient (Wildman–Crippen LogP) is 0.823. The molecule has 0 unspecified atom stereocenters. The summed E-state index contributed by atoms with van der Waals surface area (Å²) in [5.74, 6) is 0. The number of rotatable bonds is 9. The lowest BCUT2D eigenvalue weighted by Crippen LogP contribution is -2.22. The zero-order valence-corrected chi connectivity index (χ0v) is 8.37. The van der Waals surface area contributed by atoms with Crippen LogP contribution in [0.2, 0.25) is 0 Å². The quantitative estimate of drug-likeness (QED) is 0.487. The van der Waals surface area contributed by atoms with Gasteiger partial charge in [-0.15, -0.1) is 0 Å². The Morgan fingerprint density at radius 3 is 2.50 bits per heavy atom. The summed E-state index contributed by atoms with van der Waals surface area (Å²) in [7, 11) is 0. The fourth-order valence-corrected chi connectivity index (χ4v) is 0.964. The maximum absolute atomic E-state index is 10.0. The van der Waals surface area contributed by atoms with Crippen LogP contribution in [0, 0.1) is 0 Å². The molecule has 3 N–H and O–H groups in total. The van der Waals surface area contributed by atoms with Crippen molar-refractivity contribution in [1.82, 2.24) is 5.32 Å². The second kappa shape index (κ2) is 10.3. The number of hydrogen-bond donors (Lipinski definition) is 3. The molecule has 0 atom stereocenters. The zero-order chi connectivity index (χ0) is 10.6. The number of aliphatic hydroxyl groups excluding tert-OH is 1. The Morgan fingerprint density at radius 1 is 1.14 bits per heavy atom. The molecule has 84 valence electrons. The van der Waals surface area contributed by atoms with Gasteiger partial charge in [-0.25, -0.2) is 4.79 Å². The monoisotopic (exact) mass is 205 g/mol. The molecule has 0 aliphatic rings. The van der Waals surface area contributed by atoms with Crippen molar-refractivity contribution in [1.29, 1.82) is 0 Å². The van der Waals surface area contributed by atoms with E-state index >= 15 is 0 Å². The van der Waals surface area contributed by atoms with Crippen LogP contribution in [0.25, 0.3) is 0 Å². The molecule has 0 bridgehead atoms. The summed E-state index contributed by atoms with van der Waals surface area (Å²) < 4.78 is 5.25. The lowest BCUT2D eigenvalue weighted by Gasteiger charge is -2.03. The molecular formula is C9H19NO4. The van der Waals surface area contributed by atoms with Crippen molar-refractivity contribution in [3.8, 4) is 0 Å². The molecule has 0 aliphatic heterocycles. The van der Waals surface area contributed by atoms with Gasteiger partial charge in [0.2, 0.25) is 0 Å². The van der Waals surface area contributed by atoms with E-state index in [-0.39, 0.29) is 6.61 Å². The molecule has 5 nitrogen and oxygen atoms in total. The molecule has 0 fully saturated rings. The number of aliphatic hydroxyl groups is 1. The molecule has 0 rings (SSSR count). The number of unbranched alkanes of at least 4 members (excludes halogenated alkanes) is 2. The maximum Gasteiger partial charge on any atom is 0.404 e. The first-order chi connectivity index (χ1) is 6.77. The highest BCUT2D eigenvalue weighted by Gasteiger charge is 1.93. The number of carboxylic acid groups (broad SMARTS) is 1. The van der Waals surface area contributed by atoms with Gasteiger partial charge in [-0.2, -0.15) is 0 Å². The summed E-state index contributed by atoms with van der Waals surface area (Å²) >= 11 is 0. The van der Waals surface area contributed by atoms with Crippen LogP contribution in [0.5, 0.6) is 0 Å². The first kappa shape index (κ1) is 13.2. The van der Waals surface area contributed by atoms with E-state index in [1.165, 1.54) is 0 Å². The second-order valence-electron chi connectivity index (χ2n) is 2.98. The number of amides is 1. The molecule has 0 heterocycles. The lowest BCUT2D eigenvalue weighted by atomic mass is 10.2. The van der Waals surface area contributed by atoms with E-state index < -0.39 is 6.09 Å². The Morgan fingerprint density at radius 2 is 1.86 bits per heavy atom. The highest BCUT2D eigenvalue weighted by Crippen LogP contribution is 1.94. The van der Waals surface area contributed by atoms with Crippen LogP contribution in [-0.2, 0) is 4.74 Å². The molecule has 0 radical (unpaired) electrons. The molecule has 5 heteroatoms. The molecule has 0 aromatic carbocycles. The third-order valence-electron chi connectivity index (χ3n) is 1.69. The third kappa shape index (κ3) is 11.2. The largest absolute Gasteiger partial charge is 0.465 e. The standard InChI is InChI=1S/C9H19NO4/c11-6-2-1-3-7-14-8-4-5-10-9(12)13/h10-11H,1-8H2,(H,12,13). The molecule has 14 heavy (non-hydrogen) atoms. The van der Waals surface area contributed by atoms with Crippen molar-refractivity contribution < 1.29 is 19.7 Å². The average Bonchev–Trinajstić information content (AvgIpc) is 2.15. The highest BCUT2D eigenvalue weighted by molar-refractivity contribution is 5.64. The van der Waals surface area contributed by atoms with E-state index in [1.807, 2.05) is 0 Å². The van der Waals surface area contributed by atoms with Gasteiger partial charge in [0, 0.05) is 26.4 Å². The summed E-state index contributed by atoms with van der Waals surface area (Å²) in [5.41, 5.74) is 0. The fourth-order valence-electron chi connectivity index (χ4n) is 0.964. The number of ether oxygens (including phenoxy) is 1. The van der Waals surface area contributed by atoms with Gasteiger partial charge < -0.3 is 20.3 Å². The normalized spacial score (nSPS) is 10.1. The molecular weight excluding hydrogens is 186 g/mol. The molecule has 0 aromatic rings. The van der Waals surface area contributed by atoms with Gasteiger partial charge >= 0.3 is 6.09 Å². The second-order valence-corrected chi connectivity index (χ2v) is 2.98. The van der Waals surface area contributed by atoms with Crippen molar-refractivity contribution in [3.63, 3.8) is 0 Å². The minimum Gasteiger partial charge on any atom is -0.465 e. The third-order valence-corrected chi connectivity index (χ3v) is 1.69. The summed E-state index contributed by atoms with van der Waals surface area (Å²) in [6.07, 6.45) is 2.46. The molecule has 0 saturated carbocycles. The Kier molecular flexibility index (Phi) is 9.68. The van der Waals surface area contributed by atoms with E-state index in [9.17, 15) is 4.79 Å². The maximum atomic E-state index is 10.0. The van der Waals surface area contributed by atoms with Gasteiger partial charge in [0.05, 0.1) is 0 Å². The van der Waals surface area contributed by atoms with Crippen LogP contribution in [-0.4, -0.2) is 42.7 Å². The summed E-state index contributed by atoms with van der Waals surface area (Å²) in [6, 6.07) is 0. The van der Waals surface area contributed by atoms with E-state index in [0.29, 0.717) is 26.2 Å². The highest BCUT2D eigenvalue weighted by atomic mass is 16.5. The van der Waals surface area contributed by atoms with Gasteiger partial charge in [0.15, 0.2) is 0 Å². The Bertz CT molecular complexity index is 141. The van der Waals surface area contributed by atoms with Crippen molar-refractivity contribution in [2.75, 3.05) is 26.4 Å². The van der Waals surface area contributed by atoms with Crippen molar-refractivity contribution in [2.24, 2.45) is 0 Å². The van der Waals surface area contributed by atoms with E-state index in [4.69, 9.17) is 14.9 Å². The van der Waals surface area contributed by atoms with E-state index in [0.717, 1.165) is 19.3 Å². The van der Waals surface area contributed by atoms with E-state index in [1.54, 1.807) is 0 Å². The van der Waals surface area contributed by atoms with Crippen LogP contribution in [0.4, 0.5) is 4.79 Å². The van der Waals surface area contributed by atoms with Crippen LogP contribution in [0.1, 0.15) is 25.7 Å². The van der Waals surface area contributed by atoms with Gasteiger partial charge in [-0.3, -0.25) is 0 Å². The minimum atomic E-state index is -0.993. The number of nitrogens with one attached hydrogen (secondary N) is 1. The first-order valence-electron chi connectivity index (χ1n) is 4.92. The van der Waals surface area contributed by atoms with Gasteiger partial charge in [0.25, 0.3) is 0 Å². The van der Waals surface area contributed by atoms with Crippen LogP contribution >= 0.6 is 0 Å². The number of carbonyl (C=O) groups is 1.